The minimum Gasteiger partial charge on any atom is -0.379 e. The average Bonchev–Trinajstić information content (AvgIpc) is 3.11. The van der Waals surface area contributed by atoms with Gasteiger partial charge in [-0.1, -0.05) is 6.07 Å². The maximum Gasteiger partial charge on any atom is 0.223 e. The summed E-state index contributed by atoms with van der Waals surface area (Å²) in [5.41, 5.74) is 0. The zero-order valence-corrected chi connectivity index (χ0v) is 13.7. The maximum absolute atomic E-state index is 12.4. The van der Waals surface area contributed by atoms with Crippen LogP contribution in [-0.2, 0) is 9.53 Å². The summed E-state index contributed by atoms with van der Waals surface area (Å²) >= 11 is 1.77. The molecule has 1 aromatic rings. The summed E-state index contributed by atoms with van der Waals surface area (Å²) in [6.07, 6.45) is 1.90. The van der Waals surface area contributed by atoms with E-state index in [1.54, 1.807) is 11.3 Å². The quantitative estimate of drug-likeness (QED) is 0.856. The fourth-order valence-electron chi connectivity index (χ4n) is 3.21. The minimum atomic E-state index is 0.176. The first-order chi connectivity index (χ1) is 10.8. The second kappa shape index (κ2) is 8.06. The molecule has 0 bridgehead atoms. The zero-order chi connectivity index (χ0) is 15.2. The van der Waals surface area contributed by atoms with Gasteiger partial charge in [-0.25, -0.2) is 0 Å². The van der Waals surface area contributed by atoms with Crippen molar-refractivity contribution in [2.75, 3.05) is 45.9 Å². The van der Waals surface area contributed by atoms with Crippen molar-refractivity contribution in [3.63, 3.8) is 0 Å². The number of ether oxygens (including phenoxy) is 1. The molecule has 2 saturated heterocycles. The average molecular weight is 323 g/mol. The monoisotopic (exact) mass is 323 g/mol. The number of hydrogen-bond donors (Lipinski definition) is 2. The van der Waals surface area contributed by atoms with Gasteiger partial charge in [-0.3, -0.25) is 9.69 Å². The molecule has 1 aromatic heterocycles. The Labute approximate surface area is 136 Å². The van der Waals surface area contributed by atoms with E-state index in [0.29, 0.717) is 6.54 Å². The van der Waals surface area contributed by atoms with E-state index in [4.69, 9.17) is 4.74 Å². The van der Waals surface area contributed by atoms with E-state index in [-0.39, 0.29) is 17.9 Å². The van der Waals surface area contributed by atoms with Crippen molar-refractivity contribution in [3.05, 3.63) is 22.4 Å². The lowest BCUT2D eigenvalue weighted by Crippen LogP contribution is -2.45. The standard InChI is InChI=1S/C16H25N3O2S/c20-16(13-3-5-17-6-4-13)18-12-14(15-2-1-11-22-15)19-7-9-21-10-8-19/h1-2,11,13-14,17H,3-10,12H2,(H,18,20). The summed E-state index contributed by atoms with van der Waals surface area (Å²) in [4.78, 5) is 16.1. The summed E-state index contributed by atoms with van der Waals surface area (Å²) in [5, 5.41) is 8.61. The highest BCUT2D eigenvalue weighted by molar-refractivity contribution is 7.10. The third-order valence-corrected chi connectivity index (χ3v) is 5.51. The van der Waals surface area contributed by atoms with E-state index in [0.717, 1.165) is 52.2 Å². The molecule has 2 fully saturated rings. The molecule has 5 nitrogen and oxygen atoms in total. The van der Waals surface area contributed by atoms with Gasteiger partial charge in [0, 0.05) is 30.4 Å². The lowest BCUT2D eigenvalue weighted by molar-refractivity contribution is -0.126. The molecule has 2 N–H and O–H groups in total. The van der Waals surface area contributed by atoms with E-state index in [1.807, 2.05) is 0 Å². The van der Waals surface area contributed by atoms with Crippen LogP contribution >= 0.6 is 11.3 Å². The Balaban J connectivity index is 1.58. The molecule has 0 aliphatic carbocycles. The summed E-state index contributed by atoms with van der Waals surface area (Å²) in [7, 11) is 0. The van der Waals surface area contributed by atoms with Crippen LogP contribution in [0.3, 0.4) is 0 Å². The van der Waals surface area contributed by atoms with E-state index in [1.165, 1.54) is 4.88 Å². The molecular weight excluding hydrogens is 298 g/mol. The van der Waals surface area contributed by atoms with E-state index < -0.39 is 0 Å². The molecule has 6 heteroatoms. The molecule has 122 valence electrons. The summed E-state index contributed by atoms with van der Waals surface area (Å²) in [6.45, 7) is 6.04. The maximum atomic E-state index is 12.4. The molecule has 22 heavy (non-hydrogen) atoms. The van der Waals surface area contributed by atoms with Gasteiger partial charge in [-0.15, -0.1) is 11.3 Å². The molecule has 0 saturated carbocycles. The van der Waals surface area contributed by atoms with Crippen LogP contribution in [0, 0.1) is 5.92 Å². The molecular formula is C16H25N3O2S. The first-order valence-corrected chi connectivity index (χ1v) is 9.06. The lowest BCUT2D eigenvalue weighted by atomic mass is 9.97. The van der Waals surface area contributed by atoms with Gasteiger partial charge in [-0.05, 0) is 37.4 Å². The first-order valence-electron chi connectivity index (χ1n) is 8.18. The summed E-state index contributed by atoms with van der Waals surface area (Å²) < 4.78 is 5.46. The van der Waals surface area contributed by atoms with Gasteiger partial charge in [-0.2, -0.15) is 0 Å². The van der Waals surface area contributed by atoms with Gasteiger partial charge < -0.3 is 15.4 Å². The molecule has 0 aromatic carbocycles. The van der Waals surface area contributed by atoms with Crippen LogP contribution in [0.2, 0.25) is 0 Å². The van der Waals surface area contributed by atoms with Crippen molar-refractivity contribution in [3.8, 4) is 0 Å². The Morgan fingerprint density at radius 2 is 2.18 bits per heavy atom. The molecule has 2 aliphatic heterocycles. The first kappa shape index (κ1) is 15.9. The van der Waals surface area contributed by atoms with Crippen LogP contribution in [0.25, 0.3) is 0 Å². The number of piperidine rings is 1. The van der Waals surface area contributed by atoms with Gasteiger partial charge in [0.1, 0.15) is 0 Å². The number of hydrogen-bond acceptors (Lipinski definition) is 5. The molecule has 2 aliphatic rings. The molecule has 1 atom stereocenters. The molecule has 1 amide bonds. The number of rotatable bonds is 5. The topological polar surface area (TPSA) is 53.6 Å². The van der Waals surface area contributed by atoms with E-state index in [2.05, 4.69) is 33.0 Å². The number of amides is 1. The lowest BCUT2D eigenvalue weighted by Gasteiger charge is -2.34. The second-order valence-corrected chi connectivity index (χ2v) is 6.93. The molecule has 3 rings (SSSR count). The van der Waals surface area contributed by atoms with E-state index >= 15 is 0 Å². The number of carbonyl (C=O) groups excluding carboxylic acids is 1. The number of thiophene rings is 1. The third kappa shape index (κ3) is 4.07. The van der Waals surface area contributed by atoms with Crippen LogP contribution in [0.15, 0.2) is 17.5 Å². The van der Waals surface area contributed by atoms with Crippen molar-refractivity contribution >= 4 is 17.2 Å². The van der Waals surface area contributed by atoms with Crippen LogP contribution < -0.4 is 10.6 Å². The number of nitrogens with one attached hydrogen (secondary N) is 2. The van der Waals surface area contributed by atoms with Crippen LogP contribution in [0.4, 0.5) is 0 Å². The second-order valence-electron chi connectivity index (χ2n) is 5.95. The smallest absolute Gasteiger partial charge is 0.223 e. The normalized spacial score (nSPS) is 22.4. The van der Waals surface area contributed by atoms with Crippen molar-refractivity contribution in [2.45, 2.75) is 18.9 Å². The Hall–Kier alpha value is -0.950. The fraction of sp³-hybridized carbons (Fsp3) is 0.688. The predicted molar refractivity (Wildman–Crippen MR) is 88.1 cm³/mol. The van der Waals surface area contributed by atoms with Crippen LogP contribution in [0.5, 0.6) is 0 Å². The SMILES string of the molecule is O=C(NCC(c1cccs1)N1CCOCC1)C1CCNCC1. The highest BCUT2D eigenvalue weighted by Crippen LogP contribution is 2.25. The number of nitrogens with zero attached hydrogens (tertiary/aromatic N) is 1. The Kier molecular flexibility index (Phi) is 5.83. The van der Waals surface area contributed by atoms with Gasteiger partial charge in [0.2, 0.25) is 5.91 Å². The van der Waals surface area contributed by atoms with Gasteiger partial charge >= 0.3 is 0 Å². The van der Waals surface area contributed by atoms with Gasteiger partial charge in [0.25, 0.3) is 0 Å². The predicted octanol–water partition coefficient (Wildman–Crippen LogP) is 1.24. The Morgan fingerprint density at radius 1 is 1.41 bits per heavy atom. The van der Waals surface area contributed by atoms with E-state index in [9.17, 15) is 4.79 Å². The van der Waals surface area contributed by atoms with Gasteiger partial charge in [0.05, 0.1) is 19.3 Å². The van der Waals surface area contributed by atoms with Crippen molar-refractivity contribution < 1.29 is 9.53 Å². The molecule has 0 spiro atoms. The fourth-order valence-corrected chi connectivity index (χ4v) is 4.07. The summed E-state index contributed by atoms with van der Waals surface area (Å²) in [5.74, 6) is 0.395. The Morgan fingerprint density at radius 3 is 2.86 bits per heavy atom. The number of carbonyl (C=O) groups is 1. The highest BCUT2D eigenvalue weighted by atomic mass is 32.1. The molecule has 0 radical (unpaired) electrons. The summed E-state index contributed by atoms with van der Waals surface area (Å²) in [6, 6.07) is 4.53. The minimum absolute atomic E-state index is 0.176. The van der Waals surface area contributed by atoms with Crippen LogP contribution in [0.1, 0.15) is 23.8 Å². The van der Waals surface area contributed by atoms with Crippen molar-refractivity contribution in [1.29, 1.82) is 0 Å². The largest absolute Gasteiger partial charge is 0.379 e. The molecule has 1 unspecified atom stereocenters. The Bertz CT molecular complexity index is 454. The zero-order valence-electron chi connectivity index (χ0n) is 12.9. The third-order valence-electron chi connectivity index (χ3n) is 4.54. The van der Waals surface area contributed by atoms with Crippen molar-refractivity contribution in [1.82, 2.24) is 15.5 Å². The van der Waals surface area contributed by atoms with Gasteiger partial charge in [0.15, 0.2) is 0 Å². The molecule has 3 heterocycles. The number of morpholine rings is 1. The van der Waals surface area contributed by atoms with Crippen molar-refractivity contribution in [2.24, 2.45) is 5.92 Å². The van der Waals surface area contributed by atoms with Crippen LogP contribution in [-0.4, -0.2) is 56.7 Å². The highest BCUT2D eigenvalue weighted by Gasteiger charge is 2.26.